The smallest absolute Gasteiger partial charge is 0.337 e. The molecule has 93 heavy (non-hydrogen) atoms. The number of nitrogens with one attached hydrogen (secondary N) is 12. The minimum atomic E-state index is -1.71. The number of aliphatic hydroxyl groups excluding tert-OH is 3. The molecule has 5 aromatic rings. The number of hydrogen-bond acceptors (Lipinski definition) is 19. The third kappa shape index (κ3) is 24.4. The second-order valence-corrected chi connectivity index (χ2v) is 24.9. The number of aliphatic hydroxyl groups is 3. The summed E-state index contributed by atoms with van der Waals surface area (Å²) in [6.45, 7) is 2.64. The van der Waals surface area contributed by atoms with Crippen LogP contribution in [0.15, 0.2) is 109 Å². The lowest BCUT2D eigenvalue weighted by Gasteiger charge is -2.29. The number of aromatic carboxylic acids is 1. The van der Waals surface area contributed by atoms with Crippen molar-refractivity contribution in [1.82, 2.24) is 63.2 Å². The van der Waals surface area contributed by atoms with Crippen molar-refractivity contribution >= 4 is 97.4 Å². The van der Waals surface area contributed by atoms with E-state index in [1.807, 2.05) is 42.5 Å². The van der Waals surface area contributed by atoms with Gasteiger partial charge in [0.05, 0.1) is 36.5 Å². The maximum atomic E-state index is 15.1. The fourth-order valence-corrected chi connectivity index (χ4v) is 12.1. The molecule has 502 valence electrons. The highest BCUT2D eigenvalue weighted by Gasteiger charge is 2.37. The molecule has 18 N–H and O–H groups in total. The third-order valence-corrected chi connectivity index (χ3v) is 17.5. The average molecular weight is 1330 g/mol. The van der Waals surface area contributed by atoms with Gasteiger partial charge in [-0.3, -0.25) is 54.0 Å². The first-order chi connectivity index (χ1) is 44.7. The number of hydrazine groups is 1. The van der Waals surface area contributed by atoms with Gasteiger partial charge >= 0.3 is 5.97 Å². The molecule has 10 atom stereocenters. The summed E-state index contributed by atoms with van der Waals surface area (Å²) < 4.78 is 0. The highest BCUT2D eigenvalue weighted by molar-refractivity contribution is 8.76. The number of carbonyl (C=O) groups excluding carboxylic acids is 9. The highest BCUT2D eigenvalue weighted by atomic mass is 33.1. The Morgan fingerprint density at radius 3 is 1.99 bits per heavy atom. The number of hydrogen-bond donors (Lipinski definition) is 17. The Kier molecular flexibility index (Phi) is 30.3. The van der Waals surface area contributed by atoms with E-state index in [0.29, 0.717) is 36.8 Å². The number of carboxylic acids is 1. The first kappa shape index (κ1) is 73.4. The number of para-hydroxylation sites is 1. The van der Waals surface area contributed by atoms with Gasteiger partial charge in [0.2, 0.25) is 53.2 Å². The fourth-order valence-electron chi connectivity index (χ4n) is 9.73. The van der Waals surface area contributed by atoms with E-state index in [9.17, 15) is 53.7 Å². The van der Waals surface area contributed by atoms with Crippen molar-refractivity contribution in [3.63, 3.8) is 0 Å². The van der Waals surface area contributed by atoms with Gasteiger partial charge in [-0.05, 0) is 100 Å². The van der Waals surface area contributed by atoms with Crippen LogP contribution in [0.1, 0.15) is 85.8 Å². The zero-order valence-electron chi connectivity index (χ0n) is 51.7. The number of nitrogens with zero attached hydrogens (tertiary/aromatic N) is 1. The molecular formula is C63H84N14O14S2. The summed E-state index contributed by atoms with van der Waals surface area (Å²) >= 11 is 0. The molecule has 0 saturated carbocycles. The number of benzene rings is 3. The van der Waals surface area contributed by atoms with Crippen LogP contribution in [0.4, 0.5) is 5.82 Å². The molecular weight excluding hydrogens is 1240 g/mol. The highest BCUT2D eigenvalue weighted by Crippen LogP contribution is 2.25. The van der Waals surface area contributed by atoms with Gasteiger partial charge < -0.3 is 79.0 Å². The maximum absolute atomic E-state index is 15.1. The summed E-state index contributed by atoms with van der Waals surface area (Å²) in [5.74, 6) is -8.13. The zero-order valence-corrected chi connectivity index (χ0v) is 53.3. The van der Waals surface area contributed by atoms with Gasteiger partial charge in [-0.25, -0.2) is 9.78 Å². The number of aromatic amines is 1. The number of anilines is 1. The molecule has 0 spiro atoms. The summed E-state index contributed by atoms with van der Waals surface area (Å²) in [4.78, 5) is 146. The van der Waals surface area contributed by atoms with E-state index in [1.54, 1.807) is 48.7 Å². The average Bonchev–Trinajstić information content (AvgIpc) is 1.75. The third-order valence-electron chi connectivity index (χ3n) is 15.1. The van der Waals surface area contributed by atoms with E-state index in [4.69, 9.17) is 10.8 Å². The van der Waals surface area contributed by atoms with Crippen molar-refractivity contribution in [2.45, 2.75) is 139 Å². The molecule has 3 heterocycles. The van der Waals surface area contributed by atoms with E-state index in [1.165, 1.54) is 26.0 Å². The predicted octanol–water partition coefficient (Wildman–Crippen LogP) is -0.261. The molecule has 2 aromatic heterocycles. The first-order valence-electron chi connectivity index (χ1n) is 30.6. The van der Waals surface area contributed by atoms with Crippen LogP contribution in [-0.2, 0) is 62.4 Å². The van der Waals surface area contributed by atoms with E-state index in [2.05, 4.69) is 68.7 Å². The first-order valence-corrected chi connectivity index (χ1v) is 33.1. The number of unbranched alkanes of at least 4 members (excludes halogenated alkanes) is 2. The Labute approximate surface area is 545 Å². The Bertz CT molecular complexity index is 3280. The number of amides is 9. The van der Waals surface area contributed by atoms with Gasteiger partial charge in [0.15, 0.2) is 0 Å². The summed E-state index contributed by atoms with van der Waals surface area (Å²) in [7, 11) is 2.01. The molecule has 0 bridgehead atoms. The number of carbonyl (C=O) groups is 10. The Morgan fingerprint density at radius 2 is 1.32 bits per heavy atom. The molecule has 0 radical (unpaired) electrons. The largest absolute Gasteiger partial charge is 0.478 e. The van der Waals surface area contributed by atoms with Gasteiger partial charge in [0, 0.05) is 67.0 Å². The lowest BCUT2D eigenvalue weighted by atomic mass is 10.0. The molecule has 9 amide bonds. The number of carboxylic acid groups (broad SMARTS) is 1. The van der Waals surface area contributed by atoms with Crippen molar-refractivity contribution < 1.29 is 68.4 Å². The molecule has 1 fully saturated rings. The normalized spacial score (nSPS) is 20.0. The van der Waals surface area contributed by atoms with Gasteiger partial charge in [0.25, 0.3) is 0 Å². The molecule has 30 heteroatoms. The number of nitrogens with two attached hydrogens (primary N) is 1. The van der Waals surface area contributed by atoms with Crippen molar-refractivity contribution in [3.05, 3.63) is 132 Å². The topological polar surface area (TPSA) is 439 Å². The van der Waals surface area contributed by atoms with Gasteiger partial charge in [0.1, 0.15) is 42.1 Å². The lowest BCUT2D eigenvalue weighted by molar-refractivity contribution is -0.136. The summed E-state index contributed by atoms with van der Waals surface area (Å²) in [6.07, 6.45) is 1.31. The van der Waals surface area contributed by atoms with Crippen LogP contribution in [-0.4, -0.2) is 188 Å². The van der Waals surface area contributed by atoms with E-state index in [0.717, 1.165) is 44.3 Å². The van der Waals surface area contributed by atoms with Crippen LogP contribution >= 0.6 is 21.6 Å². The van der Waals surface area contributed by atoms with Crippen LogP contribution in [0.5, 0.6) is 0 Å². The second-order valence-electron chi connectivity index (χ2n) is 22.3. The standard InChI is InChI=1S/C63H84N14O14S2/c1-37(79)49(34-78)72-61(88)51-36-93-92-35-50(73-57(84)46(29-39-15-5-3-6-16-39)65-27-13-14-28-66-53(81)24-25-54(82)77-76-52-23-22-41(32-68-52)63(90)91)60(87)70-47(30-40-17-7-4-8-18-40)58(85)71-48(31-42-33-67-44-20-10-9-19-43(42)44)59(86)69-45(21-11-12-26-64)56(83)75-55(38(2)80)62(89)74-51/h3-10,15-20,22-23,32-33,37-38,45-51,55,65,67,78-80H,11-14,21,24-31,34-36,64H2,1-2H3,(H,66,81)(H,68,76)(H,69,86)(H,70,87)(H,71,85)(H,72,88)(H,73,84)(H,74,89)(H,75,83)(H,77,82)(H,90,91)/t37?,38?,45-,46-,47-,48+,49?,50-,51+,55-/m1/s1. The molecule has 0 aliphatic carbocycles. The number of aromatic nitrogens is 2. The van der Waals surface area contributed by atoms with Crippen LogP contribution in [0.25, 0.3) is 10.9 Å². The van der Waals surface area contributed by atoms with Crippen molar-refractivity contribution in [2.24, 2.45) is 5.73 Å². The number of H-pyrrole nitrogens is 1. The summed E-state index contributed by atoms with van der Waals surface area (Å²) in [5.41, 5.74) is 13.5. The van der Waals surface area contributed by atoms with Gasteiger partial charge in [-0.15, -0.1) is 0 Å². The van der Waals surface area contributed by atoms with Gasteiger partial charge in [-0.2, -0.15) is 0 Å². The Balaban J connectivity index is 1.27. The molecule has 1 saturated heterocycles. The second kappa shape index (κ2) is 38.4. The SMILES string of the molecule is CC(O)C(CO)NC(=O)[C@@H]1CSSC[C@@H](NC(=O)[C@@H](Cc2ccccc2)NCCCCNC(=O)CCC(=O)NNc2ccc(C(=O)O)cn2)C(=O)N[C@H](Cc2ccccc2)C(=O)N[C@@H](Cc2c[nH]c3ccccc23)C(=O)N[C@H](CCCCN)C(=O)N[C@H](C(C)O)C(=O)N1. The number of fused-ring (bicyclic) bond motifs is 1. The lowest BCUT2D eigenvalue weighted by Crippen LogP contribution is -2.62. The predicted molar refractivity (Wildman–Crippen MR) is 350 cm³/mol. The molecule has 3 unspecified atom stereocenters. The van der Waals surface area contributed by atoms with Crippen molar-refractivity contribution in [2.75, 3.05) is 43.2 Å². The fraction of sp³-hybridized carbons (Fsp3) is 0.444. The molecule has 6 rings (SSSR count). The van der Waals surface area contributed by atoms with Crippen LogP contribution in [0.2, 0.25) is 0 Å². The summed E-state index contributed by atoms with van der Waals surface area (Å²) in [5, 5.41) is 66.3. The number of pyridine rings is 1. The molecule has 1 aliphatic rings. The summed E-state index contributed by atoms with van der Waals surface area (Å²) in [6, 6.07) is 16.9. The molecule has 28 nitrogen and oxygen atoms in total. The molecule has 3 aromatic carbocycles. The van der Waals surface area contributed by atoms with Crippen LogP contribution in [0.3, 0.4) is 0 Å². The Morgan fingerprint density at radius 1 is 0.688 bits per heavy atom. The van der Waals surface area contributed by atoms with Crippen molar-refractivity contribution in [3.8, 4) is 0 Å². The Hall–Kier alpha value is -8.65. The minimum Gasteiger partial charge on any atom is -0.478 e. The van der Waals surface area contributed by atoms with Crippen LogP contribution < -0.4 is 64.4 Å². The minimum absolute atomic E-state index is 0.000156. The maximum Gasteiger partial charge on any atom is 0.337 e. The van der Waals surface area contributed by atoms with E-state index < -0.39 is 120 Å². The van der Waals surface area contributed by atoms with Crippen LogP contribution in [0, 0.1) is 0 Å². The van der Waals surface area contributed by atoms with E-state index >= 15 is 9.59 Å². The van der Waals surface area contributed by atoms with Gasteiger partial charge in [-0.1, -0.05) is 100 Å². The zero-order chi connectivity index (χ0) is 67.2. The quantitative estimate of drug-likeness (QED) is 0.0167. The monoisotopic (exact) mass is 1320 g/mol. The van der Waals surface area contributed by atoms with Crippen molar-refractivity contribution in [1.29, 1.82) is 0 Å². The van der Waals surface area contributed by atoms with E-state index in [-0.39, 0.29) is 87.0 Å². The number of rotatable bonds is 29. The molecule has 1 aliphatic heterocycles.